The van der Waals surface area contributed by atoms with Crippen LogP contribution >= 0.6 is 0 Å². The van der Waals surface area contributed by atoms with Crippen LogP contribution in [0.4, 0.5) is 0 Å². The maximum atomic E-state index is 11.5. The van der Waals surface area contributed by atoms with Crippen LogP contribution in [0.1, 0.15) is 51.4 Å². The van der Waals surface area contributed by atoms with Gasteiger partial charge in [0.05, 0.1) is 0 Å². The fourth-order valence-corrected chi connectivity index (χ4v) is 3.80. The first-order valence-corrected chi connectivity index (χ1v) is 6.14. The second kappa shape index (κ2) is 3.34. The summed E-state index contributed by atoms with van der Waals surface area (Å²) in [5.41, 5.74) is 0. The van der Waals surface area contributed by atoms with E-state index in [-0.39, 0.29) is 0 Å². The van der Waals surface area contributed by atoms with Crippen molar-refractivity contribution in [3.8, 4) is 0 Å². The van der Waals surface area contributed by atoms with Gasteiger partial charge in [0.1, 0.15) is 5.78 Å². The van der Waals surface area contributed by atoms with E-state index in [9.17, 15) is 4.79 Å². The molecule has 0 aromatic heterocycles. The third-order valence-electron chi connectivity index (χ3n) is 4.35. The molecule has 3 fully saturated rings. The third-order valence-corrected chi connectivity index (χ3v) is 4.35. The van der Waals surface area contributed by atoms with E-state index in [2.05, 4.69) is 4.90 Å². The molecule has 2 heterocycles. The Labute approximate surface area is 85.7 Å². The van der Waals surface area contributed by atoms with Crippen molar-refractivity contribution in [2.75, 3.05) is 0 Å². The molecule has 2 heteroatoms. The average molecular weight is 193 g/mol. The van der Waals surface area contributed by atoms with Crippen LogP contribution in [-0.4, -0.2) is 28.8 Å². The van der Waals surface area contributed by atoms with Crippen LogP contribution < -0.4 is 0 Å². The Balaban J connectivity index is 1.77. The molecule has 0 spiro atoms. The summed E-state index contributed by atoms with van der Waals surface area (Å²) in [7, 11) is 0. The molecule has 2 aliphatic heterocycles. The maximum absolute atomic E-state index is 11.5. The summed E-state index contributed by atoms with van der Waals surface area (Å²) in [4.78, 5) is 14.2. The molecule has 2 nitrogen and oxygen atoms in total. The van der Waals surface area contributed by atoms with Crippen LogP contribution in [-0.2, 0) is 4.79 Å². The van der Waals surface area contributed by atoms with Crippen molar-refractivity contribution in [1.29, 1.82) is 0 Å². The van der Waals surface area contributed by atoms with Crippen molar-refractivity contribution in [3.63, 3.8) is 0 Å². The highest BCUT2D eigenvalue weighted by Crippen LogP contribution is 2.39. The lowest BCUT2D eigenvalue weighted by Gasteiger charge is -2.38. The SMILES string of the molecule is O=C1CC2CCC(C1)N2C1CCCC1. The lowest BCUT2D eigenvalue weighted by molar-refractivity contribution is -0.124. The molecule has 2 atom stereocenters. The van der Waals surface area contributed by atoms with Gasteiger partial charge in [0.15, 0.2) is 0 Å². The highest BCUT2D eigenvalue weighted by Gasteiger charge is 2.43. The summed E-state index contributed by atoms with van der Waals surface area (Å²) < 4.78 is 0. The van der Waals surface area contributed by atoms with Gasteiger partial charge in [-0.3, -0.25) is 9.69 Å². The molecule has 3 rings (SSSR count). The molecular weight excluding hydrogens is 174 g/mol. The molecule has 0 amide bonds. The van der Waals surface area contributed by atoms with E-state index < -0.39 is 0 Å². The Kier molecular flexibility index (Phi) is 2.12. The predicted molar refractivity (Wildman–Crippen MR) is 55.1 cm³/mol. The van der Waals surface area contributed by atoms with Gasteiger partial charge in [0.2, 0.25) is 0 Å². The first-order chi connectivity index (χ1) is 6.84. The quantitative estimate of drug-likeness (QED) is 0.636. The van der Waals surface area contributed by atoms with E-state index >= 15 is 0 Å². The van der Waals surface area contributed by atoms with Gasteiger partial charge in [-0.15, -0.1) is 0 Å². The molecule has 2 saturated heterocycles. The summed E-state index contributed by atoms with van der Waals surface area (Å²) in [6.07, 6.45) is 9.88. The van der Waals surface area contributed by atoms with E-state index in [0.29, 0.717) is 17.9 Å². The van der Waals surface area contributed by atoms with Gasteiger partial charge >= 0.3 is 0 Å². The van der Waals surface area contributed by atoms with Crippen LogP contribution in [0.3, 0.4) is 0 Å². The minimum absolute atomic E-state index is 0.520. The molecule has 0 aromatic rings. The topological polar surface area (TPSA) is 20.3 Å². The van der Waals surface area contributed by atoms with Crippen molar-refractivity contribution in [2.24, 2.45) is 0 Å². The molecule has 2 bridgehead atoms. The Bertz CT molecular complexity index is 229. The van der Waals surface area contributed by atoms with E-state index in [0.717, 1.165) is 18.9 Å². The number of carbonyl (C=O) groups is 1. The fraction of sp³-hybridized carbons (Fsp3) is 0.917. The summed E-state index contributed by atoms with van der Waals surface area (Å²) in [5.74, 6) is 0.520. The average Bonchev–Trinajstić information content (AvgIpc) is 2.72. The third kappa shape index (κ3) is 1.31. The van der Waals surface area contributed by atoms with E-state index in [1.807, 2.05) is 0 Å². The largest absolute Gasteiger partial charge is 0.300 e. The molecule has 0 aromatic carbocycles. The zero-order chi connectivity index (χ0) is 9.54. The van der Waals surface area contributed by atoms with Crippen LogP contribution in [0.25, 0.3) is 0 Å². The molecule has 1 saturated carbocycles. The summed E-state index contributed by atoms with van der Waals surface area (Å²) >= 11 is 0. The molecule has 2 unspecified atom stereocenters. The molecular formula is C12H19NO. The van der Waals surface area contributed by atoms with E-state index in [4.69, 9.17) is 0 Å². The number of fused-ring (bicyclic) bond motifs is 2. The van der Waals surface area contributed by atoms with Gasteiger partial charge in [-0.05, 0) is 25.7 Å². The zero-order valence-corrected chi connectivity index (χ0v) is 8.74. The molecule has 14 heavy (non-hydrogen) atoms. The van der Waals surface area contributed by atoms with Crippen LogP contribution in [0, 0.1) is 0 Å². The standard InChI is InChI=1S/C12H19NO/c14-12-7-10-5-6-11(8-12)13(10)9-3-1-2-4-9/h9-11H,1-8H2. The van der Waals surface area contributed by atoms with Crippen molar-refractivity contribution in [1.82, 2.24) is 4.90 Å². The summed E-state index contributed by atoms with van der Waals surface area (Å²) in [5, 5.41) is 0. The molecule has 3 aliphatic rings. The van der Waals surface area contributed by atoms with Gasteiger partial charge in [-0.2, -0.15) is 0 Å². The number of piperidine rings is 1. The second-order valence-corrected chi connectivity index (χ2v) is 5.22. The Morgan fingerprint density at radius 3 is 2.00 bits per heavy atom. The molecule has 0 radical (unpaired) electrons. The van der Waals surface area contributed by atoms with Crippen molar-refractivity contribution in [3.05, 3.63) is 0 Å². The van der Waals surface area contributed by atoms with Gasteiger partial charge in [-0.25, -0.2) is 0 Å². The van der Waals surface area contributed by atoms with E-state index in [1.54, 1.807) is 0 Å². The second-order valence-electron chi connectivity index (χ2n) is 5.22. The van der Waals surface area contributed by atoms with Gasteiger partial charge < -0.3 is 0 Å². The van der Waals surface area contributed by atoms with Crippen LogP contribution in [0.15, 0.2) is 0 Å². The number of hydrogen-bond donors (Lipinski definition) is 0. The Morgan fingerprint density at radius 1 is 0.857 bits per heavy atom. The monoisotopic (exact) mass is 193 g/mol. The molecule has 78 valence electrons. The number of hydrogen-bond acceptors (Lipinski definition) is 2. The first-order valence-electron chi connectivity index (χ1n) is 6.14. The summed E-state index contributed by atoms with van der Waals surface area (Å²) in [6.45, 7) is 0. The van der Waals surface area contributed by atoms with Crippen LogP contribution in [0.5, 0.6) is 0 Å². The van der Waals surface area contributed by atoms with Gasteiger partial charge in [-0.1, -0.05) is 12.8 Å². The van der Waals surface area contributed by atoms with Crippen molar-refractivity contribution in [2.45, 2.75) is 69.5 Å². The number of Topliss-reactive ketones (excluding diaryl/α,β-unsaturated/α-hetero) is 1. The van der Waals surface area contributed by atoms with Crippen LogP contribution in [0.2, 0.25) is 0 Å². The first kappa shape index (κ1) is 8.90. The van der Waals surface area contributed by atoms with Crippen molar-refractivity contribution >= 4 is 5.78 Å². The van der Waals surface area contributed by atoms with Gasteiger partial charge in [0.25, 0.3) is 0 Å². The Hall–Kier alpha value is -0.370. The predicted octanol–water partition coefficient (Wildman–Crippen LogP) is 2.12. The number of ketones is 1. The number of carbonyl (C=O) groups excluding carboxylic acids is 1. The molecule has 0 N–H and O–H groups in total. The lowest BCUT2D eigenvalue weighted by Crippen LogP contribution is -2.48. The number of nitrogens with zero attached hydrogens (tertiary/aromatic N) is 1. The van der Waals surface area contributed by atoms with Crippen molar-refractivity contribution < 1.29 is 4.79 Å². The fourth-order valence-electron chi connectivity index (χ4n) is 3.80. The normalized spacial score (nSPS) is 39.6. The smallest absolute Gasteiger partial charge is 0.136 e. The zero-order valence-electron chi connectivity index (χ0n) is 8.74. The maximum Gasteiger partial charge on any atom is 0.136 e. The highest BCUT2D eigenvalue weighted by atomic mass is 16.1. The van der Waals surface area contributed by atoms with E-state index in [1.165, 1.54) is 38.5 Å². The Morgan fingerprint density at radius 2 is 1.43 bits per heavy atom. The lowest BCUT2D eigenvalue weighted by atomic mass is 9.98. The minimum atomic E-state index is 0.520. The highest BCUT2D eigenvalue weighted by molar-refractivity contribution is 5.81. The summed E-state index contributed by atoms with van der Waals surface area (Å²) in [6, 6.07) is 2.09. The minimum Gasteiger partial charge on any atom is -0.300 e. The molecule has 1 aliphatic carbocycles. The number of rotatable bonds is 1. The van der Waals surface area contributed by atoms with Gasteiger partial charge in [0, 0.05) is 31.0 Å².